The number of amides is 2. The molecule has 0 spiro atoms. The number of anilines is 1. The van der Waals surface area contributed by atoms with Gasteiger partial charge in [0, 0.05) is 16.9 Å². The Hall–Kier alpha value is -7.79. The van der Waals surface area contributed by atoms with Crippen molar-refractivity contribution in [2.24, 2.45) is 5.16 Å². The lowest BCUT2D eigenvalue weighted by atomic mass is 9.77. The maximum absolute atomic E-state index is 14.8. The Bertz CT molecular complexity index is 3210. The number of nitrogens with zero attached hydrogens (tertiary/aromatic N) is 5. The number of hydrogen-bond donors (Lipinski definition) is 2. The Kier molecular flexibility index (Phi) is 14.6. The second-order valence-corrected chi connectivity index (χ2v) is 21.9. The van der Waals surface area contributed by atoms with Gasteiger partial charge < -0.3 is 24.8 Å². The van der Waals surface area contributed by atoms with Crippen molar-refractivity contribution in [3.63, 3.8) is 0 Å². The Morgan fingerprint density at radius 2 is 1.23 bits per heavy atom. The molecule has 10 rings (SSSR count). The molecule has 0 bridgehead atoms. The number of benzene rings is 6. The predicted molar refractivity (Wildman–Crippen MR) is 295 cm³/mol. The summed E-state index contributed by atoms with van der Waals surface area (Å²) in [7, 11) is -1.69. The van der Waals surface area contributed by atoms with E-state index in [0.29, 0.717) is 16.4 Å². The van der Waals surface area contributed by atoms with Gasteiger partial charge in [-0.05, 0) is 59.7 Å². The molecule has 3 atom stereocenters. The maximum Gasteiger partial charge on any atom is 0.355 e. The first-order valence-electron chi connectivity index (χ1n) is 24.3. The second-order valence-electron chi connectivity index (χ2n) is 19.0. The molecule has 13 nitrogen and oxygen atoms in total. The van der Waals surface area contributed by atoms with Crippen molar-refractivity contribution < 1.29 is 28.2 Å². The molecule has 2 amide bonds. The van der Waals surface area contributed by atoms with Crippen LogP contribution in [0.5, 0.6) is 0 Å². The van der Waals surface area contributed by atoms with Gasteiger partial charge >= 0.3 is 5.97 Å². The van der Waals surface area contributed by atoms with Crippen LogP contribution in [0.4, 0.5) is 5.13 Å². The Labute approximate surface area is 449 Å². The molecule has 0 aliphatic carbocycles. The zero-order valence-corrected chi connectivity index (χ0v) is 44.4. The number of hydrogen-bond acceptors (Lipinski definition) is 11. The number of fused-ring (bicyclic) bond motifs is 1. The fourth-order valence-electron chi connectivity index (χ4n) is 9.84. The summed E-state index contributed by atoms with van der Waals surface area (Å²) < 4.78 is 21.6. The van der Waals surface area contributed by atoms with Gasteiger partial charge in [0.15, 0.2) is 17.5 Å². The number of β-lactam (4-membered cyclic amide) rings is 1. The van der Waals surface area contributed by atoms with Crippen molar-refractivity contribution in [1.82, 2.24) is 24.8 Å². The minimum atomic E-state index is -1.69. The summed E-state index contributed by atoms with van der Waals surface area (Å²) in [5.74, 6) is -2.16. The SMILES string of the molecule is CC(C)(C)OC(=O)C1=C(CBr)CS(=O)[C@@H]2[C@H](NC(=O)C(=NOCc3cn(C(c4ccccc4)(c4ccccc4)c4ccccc4)cn3)c3csc(NC(c4ccccc4)(c4ccccc4)c4ccccc4)n3)C(=O)N12. The number of nitrogens with one attached hydrogen (secondary N) is 2. The molecule has 2 aliphatic heterocycles. The van der Waals surface area contributed by atoms with Crippen LogP contribution in [0.3, 0.4) is 0 Å². The van der Waals surface area contributed by atoms with Crippen molar-refractivity contribution in [3.05, 3.63) is 256 Å². The van der Waals surface area contributed by atoms with E-state index in [9.17, 15) is 18.6 Å². The number of carbonyl (C=O) groups excluding carboxylic acids is 3. The zero-order chi connectivity index (χ0) is 52.2. The molecule has 1 fully saturated rings. The number of thiazole rings is 1. The Balaban J connectivity index is 1.01. The number of ether oxygens (including phenoxy) is 1. The smallest absolute Gasteiger partial charge is 0.355 e. The van der Waals surface area contributed by atoms with E-state index >= 15 is 0 Å². The summed E-state index contributed by atoms with van der Waals surface area (Å²) in [5, 5.41) is 12.3. The van der Waals surface area contributed by atoms with Crippen LogP contribution in [-0.4, -0.2) is 75.2 Å². The molecular formula is C59H52BrN7O6S2. The van der Waals surface area contributed by atoms with Crippen LogP contribution in [0.15, 0.2) is 216 Å². The van der Waals surface area contributed by atoms with E-state index in [4.69, 9.17) is 19.5 Å². The first kappa shape index (κ1) is 50.7. The third-order valence-electron chi connectivity index (χ3n) is 13.1. The third-order valence-corrected chi connectivity index (χ3v) is 16.2. The minimum absolute atomic E-state index is 0.00937. The number of imidazole rings is 1. The van der Waals surface area contributed by atoms with Crippen molar-refractivity contribution in [2.75, 3.05) is 16.4 Å². The van der Waals surface area contributed by atoms with E-state index in [-0.39, 0.29) is 34.8 Å². The molecule has 2 aromatic heterocycles. The standard InChI is InChI=1S/C59H52BrN7O6S2/c1-57(2,3)73-55(70)51-40(34-60)38-75(71)54-50(53(69)67(51)54)63-52(68)49(48-37-74-56(62-48)64-58(41-22-10-4-11-23-41,42-24-12-5-13-25-42)43-26-14-6-15-27-43)65-72-36-47-35-66(39-61-47)59(44-28-16-7-17-29-44,45-30-18-8-19-31-45)46-32-20-9-21-33-46/h4-33,35,37,39,50,54H,34,36,38H2,1-3H3,(H,62,64)(H,63,68)/t50-,54-,75?/m1/s1. The van der Waals surface area contributed by atoms with Crippen LogP contribution >= 0.6 is 27.3 Å². The average Bonchev–Trinajstić information content (AvgIpc) is 4.12. The van der Waals surface area contributed by atoms with Crippen molar-refractivity contribution in [2.45, 2.75) is 55.5 Å². The van der Waals surface area contributed by atoms with Crippen LogP contribution in [-0.2, 0) is 52.4 Å². The fraction of sp³-hybridized carbons (Fsp3) is 0.186. The van der Waals surface area contributed by atoms with E-state index in [1.807, 2.05) is 115 Å². The summed E-state index contributed by atoms with van der Waals surface area (Å²) in [5.41, 5.74) is 4.11. The fourth-order valence-corrected chi connectivity index (χ4v) is 13.0. The number of rotatable bonds is 17. The molecule has 8 aromatic rings. The van der Waals surface area contributed by atoms with Crippen LogP contribution in [0, 0.1) is 0 Å². The van der Waals surface area contributed by atoms with Crippen LogP contribution in [0.1, 0.15) is 65.5 Å². The quantitative estimate of drug-likeness (QED) is 0.0226. The van der Waals surface area contributed by atoms with Gasteiger partial charge in [0.2, 0.25) is 0 Å². The third kappa shape index (κ3) is 9.88. The van der Waals surface area contributed by atoms with Gasteiger partial charge in [-0.15, -0.1) is 11.3 Å². The second kappa shape index (κ2) is 21.6. The van der Waals surface area contributed by atoms with E-state index in [0.717, 1.165) is 33.4 Å². The van der Waals surface area contributed by atoms with Gasteiger partial charge in [-0.2, -0.15) is 0 Å². The van der Waals surface area contributed by atoms with Gasteiger partial charge in [-0.3, -0.25) is 18.7 Å². The van der Waals surface area contributed by atoms with Gasteiger partial charge in [0.1, 0.15) is 39.5 Å². The summed E-state index contributed by atoms with van der Waals surface area (Å²) in [6.45, 7) is 5.02. The summed E-state index contributed by atoms with van der Waals surface area (Å²) in [4.78, 5) is 59.7. The van der Waals surface area contributed by atoms with E-state index in [2.05, 4.69) is 109 Å². The molecule has 6 aromatic carbocycles. The normalized spacial score (nSPS) is 16.9. The van der Waals surface area contributed by atoms with E-state index < -0.39 is 56.7 Å². The topological polar surface area (TPSA) is 157 Å². The summed E-state index contributed by atoms with van der Waals surface area (Å²) in [6, 6.07) is 59.5. The maximum atomic E-state index is 14.8. The first-order valence-corrected chi connectivity index (χ1v) is 27.6. The predicted octanol–water partition coefficient (Wildman–Crippen LogP) is 9.91. The summed E-state index contributed by atoms with van der Waals surface area (Å²) >= 11 is 4.67. The van der Waals surface area contributed by atoms with Gasteiger partial charge in [0.25, 0.3) is 11.8 Å². The molecule has 1 saturated heterocycles. The largest absolute Gasteiger partial charge is 0.455 e. The molecule has 4 heterocycles. The highest BCUT2D eigenvalue weighted by molar-refractivity contribution is 9.09. The van der Waals surface area contributed by atoms with Gasteiger partial charge in [-0.25, -0.2) is 14.8 Å². The number of carbonyl (C=O) groups is 3. The lowest BCUT2D eigenvalue weighted by molar-refractivity contribution is -0.158. The average molecular weight is 1100 g/mol. The summed E-state index contributed by atoms with van der Waals surface area (Å²) in [6.07, 6.45) is 3.67. The lowest BCUT2D eigenvalue weighted by Gasteiger charge is -2.49. The molecule has 378 valence electrons. The van der Waals surface area contributed by atoms with Gasteiger partial charge in [0.05, 0.1) is 28.6 Å². The molecule has 2 N–H and O–H groups in total. The minimum Gasteiger partial charge on any atom is -0.455 e. The molecule has 0 radical (unpaired) electrons. The van der Waals surface area contributed by atoms with Crippen molar-refractivity contribution in [1.29, 1.82) is 0 Å². The molecule has 0 saturated carbocycles. The molecular weight excluding hydrogens is 1050 g/mol. The van der Waals surface area contributed by atoms with E-state index in [1.54, 1.807) is 32.5 Å². The number of esters is 1. The number of alkyl halides is 1. The Morgan fingerprint density at radius 3 is 1.69 bits per heavy atom. The van der Waals surface area contributed by atoms with E-state index in [1.165, 1.54) is 16.2 Å². The lowest BCUT2D eigenvalue weighted by Crippen LogP contribution is -2.74. The highest BCUT2D eigenvalue weighted by atomic mass is 79.9. The molecule has 16 heteroatoms. The zero-order valence-electron chi connectivity index (χ0n) is 41.2. The highest BCUT2D eigenvalue weighted by Gasteiger charge is 2.58. The van der Waals surface area contributed by atoms with Crippen LogP contribution in [0.25, 0.3) is 0 Å². The number of aromatic nitrogens is 3. The van der Waals surface area contributed by atoms with Crippen LogP contribution < -0.4 is 10.6 Å². The van der Waals surface area contributed by atoms with Crippen molar-refractivity contribution >= 4 is 66.7 Å². The molecule has 2 aliphatic rings. The van der Waals surface area contributed by atoms with Crippen molar-refractivity contribution in [3.8, 4) is 0 Å². The van der Waals surface area contributed by atoms with Crippen LogP contribution in [0.2, 0.25) is 0 Å². The molecule has 1 unspecified atom stereocenters. The first-order chi connectivity index (χ1) is 36.4. The number of oxime groups is 1. The monoisotopic (exact) mass is 1100 g/mol. The van der Waals surface area contributed by atoms with Gasteiger partial charge in [-0.1, -0.05) is 203 Å². The number of halogens is 1. The highest BCUT2D eigenvalue weighted by Crippen LogP contribution is 2.43. The molecule has 75 heavy (non-hydrogen) atoms. The Morgan fingerprint density at radius 1 is 0.747 bits per heavy atom.